The number of urea groups is 1. The van der Waals surface area contributed by atoms with Crippen LogP contribution in [0.3, 0.4) is 0 Å². The van der Waals surface area contributed by atoms with E-state index < -0.39 is 17.8 Å². The maximum absolute atomic E-state index is 13.6. The summed E-state index contributed by atoms with van der Waals surface area (Å²) in [6.45, 7) is 1.63. The zero-order valence-electron chi connectivity index (χ0n) is 15.6. The molecule has 0 aliphatic carbocycles. The van der Waals surface area contributed by atoms with E-state index in [4.69, 9.17) is 0 Å². The van der Waals surface area contributed by atoms with E-state index in [1.165, 1.54) is 34.4 Å². The Morgan fingerprint density at radius 1 is 1.07 bits per heavy atom. The van der Waals surface area contributed by atoms with E-state index in [1.807, 2.05) is 4.90 Å². The lowest BCUT2D eigenvalue weighted by molar-refractivity contribution is -0.136. The maximum Gasteiger partial charge on any atom is 0.418 e. The molecule has 0 radical (unpaired) electrons. The molecule has 1 aliphatic heterocycles. The number of piperazine rings is 1. The van der Waals surface area contributed by atoms with Crippen molar-refractivity contribution in [3.63, 3.8) is 0 Å². The number of halogens is 3. The average Bonchev–Trinajstić information content (AvgIpc) is 3.29. The van der Waals surface area contributed by atoms with Crippen molar-refractivity contribution in [2.24, 2.45) is 0 Å². The summed E-state index contributed by atoms with van der Waals surface area (Å²) in [7, 11) is 0. The Bertz CT molecular complexity index is 1000. The normalized spacial score (nSPS) is 14.6. The second-order valence-electron chi connectivity index (χ2n) is 6.52. The molecule has 0 spiro atoms. The number of alkyl halides is 3. The number of anilines is 2. The van der Waals surface area contributed by atoms with Crippen LogP contribution in [-0.2, 0) is 6.18 Å². The molecule has 2 amide bonds. The van der Waals surface area contributed by atoms with Crippen LogP contribution in [0.4, 0.5) is 29.6 Å². The van der Waals surface area contributed by atoms with Crippen molar-refractivity contribution in [3.05, 3.63) is 54.9 Å². The molecule has 1 aliphatic rings. The van der Waals surface area contributed by atoms with E-state index in [2.05, 4.69) is 25.4 Å². The molecule has 3 heterocycles. The molecule has 4 rings (SSSR count). The molecule has 1 aromatic carbocycles. The monoisotopic (exact) mass is 418 g/mol. The molecule has 12 heteroatoms. The highest BCUT2D eigenvalue weighted by Crippen LogP contribution is 2.36. The first-order valence-electron chi connectivity index (χ1n) is 9.06. The Balaban J connectivity index is 1.47. The van der Waals surface area contributed by atoms with Gasteiger partial charge in [0, 0.05) is 38.6 Å². The van der Waals surface area contributed by atoms with Crippen LogP contribution < -0.4 is 10.2 Å². The third-order valence-electron chi connectivity index (χ3n) is 4.64. The van der Waals surface area contributed by atoms with Gasteiger partial charge in [0.15, 0.2) is 0 Å². The predicted octanol–water partition coefficient (Wildman–Crippen LogP) is 2.43. The Kier molecular flexibility index (Phi) is 5.21. The lowest BCUT2D eigenvalue weighted by atomic mass is 10.1. The van der Waals surface area contributed by atoms with E-state index in [0.717, 1.165) is 6.07 Å². The summed E-state index contributed by atoms with van der Waals surface area (Å²) < 4.78 is 41.9. The van der Waals surface area contributed by atoms with E-state index in [-0.39, 0.29) is 11.4 Å². The Labute approximate surface area is 169 Å². The van der Waals surface area contributed by atoms with Gasteiger partial charge in [-0.05, 0) is 24.3 Å². The number of carbonyl (C=O) groups is 1. The van der Waals surface area contributed by atoms with Crippen molar-refractivity contribution >= 4 is 17.7 Å². The number of amides is 2. The van der Waals surface area contributed by atoms with Crippen LogP contribution >= 0.6 is 0 Å². The number of nitrogens with zero attached hydrogens (tertiary/aromatic N) is 7. The number of benzene rings is 1. The minimum Gasteiger partial charge on any atom is -0.337 e. The van der Waals surface area contributed by atoms with Gasteiger partial charge < -0.3 is 15.1 Å². The molecule has 2 aromatic heterocycles. The van der Waals surface area contributed by atoms with E-state index in [9.17, 15) is 18.0 Å². The SMILES string of the molecule is O=C(Nc1ccc(-n2cncn2)cc1C(F)(F)F)N1CCN(c2ncccn2)CC1. The molecule has 0 saturated carbocycles. The summed E-state index contributed by atoms with van der Waals surface area (Å²) in [5, 5.41) is 6.22. The van der Waals surface area contributed by atoms with Gasteiger partial charge in [0.1, 0.15) is 12.7 Å². The van der Waals surface area contributed by atoms with Crippen LogP contribution in [-0.4, -0.2) is 61.8 Å². The molecular weight excluding hydrogens is 401 g/mol. The molecule has 1 fully saturated rings. The van der Waals surface area contributed by atoms with Gasteiger partial charge in [-0.1, -0.05) is 0 Å². The van der Waals surface area contributed by atoms with Gasteiger partial charge in [0.05, 0.1) is 16.9 Å². The van der Waals surface area contributed by atoms with Crippen LogP contribution in [0.5, 0.6) is 0 Å². The van der Waals surface area contributed by atoms with Gasteiger partial charge in [-0.15, -0.1) is 0 Å². The van der Waals surface area contributed by atoms with E-state index >= 15 is 0 Å². The largest absolute Gasteiger partial charge is 0.418 e. The standard InChI is InChI=1S/C18H17F3N8O/c19-18(20,21)14-10-13(29-12-22-11-25-29)2-3-15(14)26-17(30)28-8-6-27(7-9-28)16-23-4-1-5-24-16/h1-5,10-12H,6-9H2,(H,26,30). The van der Waals surface area contributed by atoms with Gasteiger partial charge >= 0.3 is 12.2 Å². The molecule has 30 heavy (non-hydrogen) atoms. The topological polar surface area (TPSA) is 92.1 Å². The van der Waals surface area contributed by atoms with Crippen molar-refractivity contribution in [3.8, 4) is 5.69 Å². The zero-order chi connectivity index (χ0) is 21.1. The molecule has 3 aromatic rings. The Morgan fingerprint density at radius 3 is 2.43 bits per heavy atom. The summed E-state index contributed by atoms with van der Waals surface area (Å²) in [6.07, 6.45) is 1.13. The molecule has 1 N–H and O–H groups in total. The highest BCUT2D eigenvalue weighted by Gasteiger charge is 2.35. The Morgan fingerprint density at radius 2 is 1.80 bits per heavy atom. The second-order valence-corrected chi connectivity index (χ2v) is 6.52. The second kappa shape index (κ2) is 7.97. The van der Waals surface area contributed by atoms with E-state index in [0.29, 0.717) is 32.1 Å². The first kappa shape index (κ1) is 19.6. The van der Waals surface area contributed by atoms with Crippen molar-refractivity contribution in [2.75, 3.05) is 36.4 Å². The summed E-state index contributed by atoms with van der Waals surface area (Å²) in [5.41, 5.74) is -1.08. The predicted molar refractivity (Wildman–Crippen MR) is 101 cm³/mol. The molecule has 0 bridgehead atoms. The molecule has 1 saturated heterocycles. The molecule has 156 valence electrons. The molecule has 0 unspecified atom stereocenters. The fourth-order valence-corrected chi connectivity index (χ4v) is 3.12. The highest BCUT2D eigenvalue weighted by molar-refractivity contribution is 5.90. The Hall–Kier alpha value is -3.70. The third kappa shape index (κ3) is 4.16. The van der Waals surface area contributed by atoms with Crippen LogP contribution in [0, 0.1) is 0 Å². The van der Waals surface area contributed by atoms with Gasteiger partial charge in [0.2, 0.25) is 5.95 Å². The number of rotatable bonds is 3. The minimum atomic E-state index is -4.65. The van der Waals surface area contributed by atoms with Gasteiger partial charge in [-0.2, -0.15) is 18.3 Å². The van der Waals surface area contributed by atoms with Crippen molar-refractivity contribution in [1.82, 2.24) is 29.6 Å². The molecule has 0 atom stereocenters. The number of hydrogen-bond donors (Lipinski definition) is 1. The summed E-state index contributed by atoms with van der Waals surface area (Å²) >= 11 is 0. The van der Waals surface area contributed by atoms with Crippen LogP contribution in [0.1, 0.15) is 5.56 Å². The summed E-state index contributed by atoms with van der Waals surface area (Å²) in [5.74, 6) is 0.556. The van der Waals surface area contributed by atoms with Crippen LogP contribution in [0.15, 0.2) is 49.3 Å². The fraction of sp³-hybridized carbons (Fsp3) is 0.278. The summed E-state index contributed by atoms with van der Waals surface area (Å²) in [6, 6.07) is 4.69. The molecular formula is C18H17F3N8O. The zero-order valence-corrected chi connectivity index (χ0v) is 15.6. The van der Waals surface area contributed by atoms with Gasteiger partial charge in [-0.25, -0.2) is 24.4 Å². The molecule has 9 nitrogen and oxygen atoms in total. The number of carbonyl (C=O) groups excluding carboxylic acids is 1. The first-order valence-corrected chi connectivity index (χ1v) is 9.06. The van der Waals surface area contributed by atoms with E-state index in [1.54, 1.807) is 18.5 Å². The van der Waals surface area contributed by atoms with Crippen LogP contribution in [0.25, 0.3) is 5.69 Å². The fourth-order valence-electron chi connectivity index (χ4n) is 3.12. The maximum atomic E-state index is 13.6. The van der Waals surface area contributed by atoms with Crippen molar-refractivity contribution in [1.29, 1.82) is 0 Å². The van der Waals surface area contributed by atoms with Crippen LogP contribution in [0.2, 0.25) is 0 Å². The number of hydrogen-bond acceptors (Lipinski definition) is 6. The smallest absolute Gasteiger partial charge is 0.337 e. The van der Waals surface area contributed by atoms with Gasteiger partial charge in [0.25, 0.3) is 0 Å². The van der Waals surface area contributed by atoms with Gasteiger partial charge in [-0.3, -0.25) is 0 Å². The minimum absolute atomic E-state index is 0.189. The lowest BCUT2D eigenvalue weighted by Crippen LogP contribution is -2.50. The summed E-state index contributed by atoms with van der Waals surface area (Å²) in [4.78, 5) is 28.0. The number of nitrogens with one attached hydrogen (secondary N) is 1. The third-order valence-corrected chi connectivity index (χ3v) is 4.64. The first-order chi connectivity index (χ1) is 14.4. The number of aromatic nitrogens is 5. The average molecular weight is 418 g/mol. The lowest BCUT2D eigenvalue weighted by Gasteiger charge is -2.34. The van der Waals surface area contributed by atoms with Crippen molar-refractivity contribution < 1.29 is 18.0 Å². The quantitative estimate of drug-likeness (QED) is 0.703. The highest BCUT2D eigenvalue weighted by atomic mass is 19.4. The van der Waals surface area contributed by atoms with Crippen molar-refractivity contribution in [2.45, 2.75) is 6.18 Å².